The molecule has 1 atom stereocenters. The highest BCUT2D eigenvalue weighted by molar-refractivity contribution is 5.94. The van der Waals surface area contributed by atoms with Gasteiger partial charge < -0.3 is 10.2 Å². The summed E-state index contributed by atoms with van der Waals surface area (Å²) in [4.78, 5) is 25.6. The van der Waals surface area contributed by atoms with Gasteiger partial charge in [-0.2, -0.15) is 0 Å². The van der Waals surface area contributed by atoms with E-state index in [9.17, 15) is 9.59 Å². The summed E-state index contributed by atoms with van der Waals surface area (Å²) in [5, 5.41) is 2.90. The summed E-state index contributed by atoms with van der Waals surface area (Å²) in [6, 6.07) is 26.1. The summed E-state index contributed by atoms with van der Waals surface area (Å²) < 4.78 is 0. The first-order valence-electron chi connectivity index (χ1n) is 10.2. The molecule has 0 aliphatic heterocycles. The van der Waals surface area contributed by atoms with E-state index in [1.165, 1.54) is 12.5 Å². The third kappa shape index (κ3) is 5.80. The van der Waals surface area contributed by atoms with Crippen LogP contribution in [0.1, 0.15) is 35.3 Å². The van der Waals surface area contributed by atoms with Gasteiger partial charge in [0, 0.05) is 32.1 Å². The summed E-state index contributed by atoms with van der Waals surface area (Å²) in [5.41, 5.74) is 5.13. The number of hydrogen-bond donors (Lipinski definition) is 1. The SMILES string of the molecule is CC(=O)NC(C)Cc1ccc(-c2ccc(C(=O)N(C)Cc3ccccc3)cc2)cc1. The molecule has 1 unspecified atom stereocenters. The van der Waals surface area contributed by atoms with E-state index in [1.54, 1.807) is 4.90 Å². The number of rotatable bonds is 7. The van der Waals surface area contributed by atoms with Crippen molar-refractivity contribution in [2.75, 3.05) is 7.05 Å². The lowest BCUT2D eigenvalue weighted by atomic mass is 10.00. The smallest absolute Gasteiger partial charge is 0.253 e. The Morgan fingerprint density at radius 2 is 1.40 bits per heavy atom. The van der Waals surface area contributed by atoms with Crippen molar-refractivity contribution in [1.82, 2.24) is 10.2 Å². The molecule has 30 heavy (non-hydrogen) atoms. The van der Waals surface area contributed by atoms with Crippen molar-refractivity contribution < 1.29 is 9.59 Å². The molecular weight excluding hydrogens is 372 g/mol. The van der Waals surface area contributed by atoms with Crippen LogP contribution in [0, 0.1) is 0 Å². The van der Waals surface area contributed by atoms with Crippen LogP contribution in [-0.4, -0.2) is 29.8 Å². The van der Waals surface area contributed by atoms with Gasteiger partial charge in [0.2, 0.25) is 5.91 Å². The first-order valence-corrected chi connectivity index (χ1v) is 10.2. The van der Waals surface area contributed by atoms with Gasteiger partial charge in [0.05, 0.1) is 0 Å². The number of amides is 2. The van der Waals surface area contributed by atoms with Crippen molar-refractivity contribution in [3.05, 3.63) is 95.6 Å². The van der Waals surface area contributed by atoms with Crippen molar-refractivity contribution in [3.8, 4) is 11.1 Å². The van der Waals surface area contributed by atoms with E-state index in [0.717, 1.165) is 23.1 Å². The van der Waals surface area contributed by atoms with Crippen LogP contribution in [0.2, 0.25) is 0 Å². The molecule has 4 nitrogen and oxygen atoms in total. The fourth-order valence-corrected chi connectivity index (χ4v) is 3.54. The average molecular weight is 401 g/mol. The summed E-state index contributed by atoms with van der Waals surface area (Å²) in [6.07, 6.45) is 0.793. The maximum absolute atomic E-state index is 12.7. The average Bonchev–Trinajstić information content (AvgIpc) is 2.74. The van der Waals surface area contributed by atoms with E-state index in [2.05, 4.69) is 29.6 Å². The molecule has 154 valence electrons. The molecule has 3 rings (SSSR count). The fraction of sp³-hybridized carbons (Fsp3) is 0.231. The van der Waals surface area contributed by atoms with Crippen molar-refractivity contribution in [2.24, 2.45) is 0 Å². The number of carbonyl (C=O) groups is 2. The van der Waals surface area contributed by atoms with Crippen molar-refractivity contribution in [3.63, 3.8) is 0 Å². The molecule has 2 amide bonds. The third-order valence-electron chi connectivity index (χ3n) is 5.02. The number of hydrogen-bond acceptors (Lipinski definition) is 2. The normalized spacial score (nSPS) is 11.6. The molecule has 0 spiro atoms. The number of carbonyl (C=O) groups excluding carboxylic acids is 2. The molecule has 3 aromatic carbocycles. The zero-order valence-corrected chi connectivity index (χ0v) is 17.8. The molecule has 0 radical (unpaired) electrons. The second-order valence-corrected chi connectivity index (χ2v) is 7.73. The molecule has 0 aromatic heterocycles. The van der Waals surface area contributed by atoms with Crippen LogP contribution in [0.5, 0.6) is 0 Å². The van der Waals surface area contributed by atoms with Crippen LogP contribution >= 0.6 is 0 Å². The van der Waals surface area contributed by atoms with Crippen LogP contribution in [0.4, 0.5) is 0 Å². The summed E-state index contributed by atoms with van der Waals surface area (Å²) in [7, 11) is 1.82. The van der Waals surface area contributed by atoms with Gasteiger partial charge in [0.1, 0.15) is 0 Å². The zero-order chi connectivity index (χ0) is 21.5. The number of nitrogens with one attached hydrogen (secondary N) is 1. The van der Waals surface area contributed by atoms with Crippen molar-refractivity contribution >= 4 is 11.8 Å². The summed E-state index contributed by atoms with van der Waals surface area (Å²) in [5.74, 6) is -0.00381. The molecule has 1 N–H and O–H groups in total. The molecule has 0 saturated heterocycles. The van der Waals surface area contributed by atoms with E-state index >= 15 is 0 Å². The second-order valence-electron chi connectivity index (χ2n) is 7.73. The fourth-order valence-electron chi connectivity index (χ4n) is 3.54. The van der Waals surface area contributed by atoms with Gasteiger partial charge in [-0.1, -0.05) is 66.7 Å². The Morgan fingerprint density at radius 1 is 0.833 bits per heavy atom. The van der Waals surface area contributed by atoms with Gasteiger partial charge >= 0.3 is 0 Å². The van der Waals surface area contributed by atoms with E-state index in [0.29, 0.717) is 12.1 Å². The number of nitrogens with zero attached hydrogens (tertiary/aromatic N) is 1. The third-order valence-corrected chi connectivity index (χ3v) is 5.02. The highest BCUT2D eigenvalue weighted by Crippen LogP contribution is 2.21. The molecule has 0 saturated carbocycles. The van der Waals surface area contributed by atoms with Gasteiger partial charge in [-0.25, -0.2) is 0 Å². The first kappa shape index (κ1) is 21.3. The Hall–Kier alpha value is -3.40. The van der Waals surface area contributed by atoms with Crippen LogP contribution in [0.25, 0.3) is 11.1 Å². The van der Waals surface area contributed by atoms with Gasteiger partial charge in [-0.05, 0) is 47.7 Å². The van der Waals surface area contributed by atoms with Gasteiger partial charge in [0.15, 0.2) is 0 Å². The molecule has 0 aliphatic carbocycles. The van der Waals surface area contributed by atoms with Crippen LogP contribution < -0.4 is 5.32 Å². The Labute approximate surface area is 178 Å². The Balaban J connectivity index is 1.63. The van der Waals surface area contributed by atoms with Crippen molar-refractivity contribution in [1.29, 1.82) is 0 Å². The lowest BCUT2D eigenvalue weighted by Gasteiger charge is -2.17. The first-order chi connectivity index (χ1) is 14.4. The Kier molecular flexibility index (Phi) is 7.02. The maximum Gasteiger partial charge on any atom is 0.253 e. The highest BCUT2D eigenvalue weighted by atomic mass is 16.2. The minimum atomic E-state index is -0.0110. The quantitative estimate of drug-likeness (QED) is 0.625. The zero-order valence-electron chi connectivity index (χ0n) is 17.8. The summed E-state index contributed by atoms with van der Waals surface area (Å²) in [6.45, 7) is 4.12. The van der Waals surface area contributed by atoms with E-state index < -0.39 is 0 Å². The monoisotopic (exact) mass is 400 g/mol. The Morgan fingerprint density at radius 3 is 1.97 bits per heavy atom. The molecule has 0 bridgehead atoms. The van der Waals surface area contributed by atoms with Gasteiger partial charge in [-0.3, -0.25) is 9.59 Å². The van der Waals surface area contributed by atoms with Crippen molar-refractivity contribution in [2.45, 2.75) is 32.9 Å². The van der Waals surface area contributed by atoms with Crippen LogP contribution in [-0.2, 0) is 17.8 Å². The molecule has 3 aromatic rings. The minimum absolute atomic E-state index is 0.00714. The van der Waals surface area contributed by atoms with Gasteiger partial charge in [0.25, 0.3) is 5.91 Å². The minimum Gasteiger partial charge on any atom is -0.354 e. The molecular formula is C26H28N2O2. The topological polar surface area (TPSA) is 49.4 Å². The van der Waals surface area contributed by atoms with Gasteiger partial charge in [-0.15, -0.1) is 0 Å². The number of benzene rings is 3. The van der Waals surface area contributed by atoms with E-state index in [1.807, 2.05) is 68.6 Å². The lowest BCUT2D eigenvalue weighted by Crippen LogP contribution is -2.31. The van der Waals surface area contributed by atoms with E-state index in [4.69, 9.17) is 0 Å². The molecule has 0 aliphatic rings. The molecule has 0 fully saturated rings. The molecule has 0 heterocycles. The predicted octanol–water partition coefficient (Wildman–Crippen LogP) is 4.69. The second kappa shape index (κ2) is 9.88. The lowest BCUT2D eigenvalue weighted by molar-refractivity contribution is -0.119. The highest BCUT2D eigenvalue weighted by Gasteiger charge is 2.12. The molecule has 4 heteroatoms. The van der Waals surface area contributed by atoms with Crippen LogP contribution in [0.15, 0.2) is 78.9 Å². The predicted molar refractivity (Wildman–Crippen MR) is 121 cm³/mol. The van der Waals surface area contributed by atoms with E-state index in [-0.39, 0.29) is 17.9 Å². The summed E-state index contributed by atoms with van der Waals surface area (Å²) >= 11 is 0. The van der Waals surface area contributed by atoms with Crippen LogP contribution in [0.3, 0.4) is 0 Å². The Bertz CT molecular complexity index is 980. The maximum atomic E-state index is 12.7. The standard InChI is InChI=1S/C26H28N2O2/c1-19(27-20(2)29)17-21-9-11-23(12-10-21)24-13-15-25(16-14-24)26(30)28(3)18-22-7-5-4-6-8-22/h4-16,19H,17-18H2,1-3H3,(H,27,29). The largest absolute Gasteiger partial charge is 0.354 e.